The summed E-state index contributed by atoms with van der Waals surface area (Å²) in [5.74, 6) is -0.494. The number of para-hydroxylation sites is 1. The number of hydrogen-bond acceptors (Lipinski definition) is 4. The zero-order valence-corrected chi connectivity index (χ0v) is 13.8. The summed E-state index contributed by atoms with van der Waals surface area (Å²) >= 11 is 0. The van der Waals surface area contributed by atoms with Gasteiger partial charge in [0.05, 0.1) is 11.9 Å². The van der Waals surface area contributed by atoms with E-state index in [0.717, 1.165) is 5.69 Å². The zero-order chi connectivity index (χ0) is 17.5. The van der Waals surface area contributed by atoms with Crippen LogP contribution in [0.5, 0.6) is 0 Å². The molecule has 1 aromatic heterocycles. The molecule has 128 valence electrons. The van der Waals surface area contributed by atoms with E-state index in [-0.39, 0.29) is 18.6 Å². The van der Waals surface area contributed by atoms with Gasteiger partial charge in [-0.1, -0.05) is 18.2 Å². The maximum absolute atomic E-state index is 11.9. The predicted molar refractivity (Wildman–Crippen MR) is 92.7 cm³/mol. The number of amides is 3. The van der Waals surface area contributed by atoms with Gasteiger partial charge in [0.1, 0.15) is 6.54 Å². The van der Waals surface area contributed by atoms with Crippen LogP contribution in [0.3, 0.4) is 0 Å². The molecule has 0 aliphatic heterocycles. The van der Waals surface area contributed by atoms with Crippen LogP contribution >= 0.6 is 0 Å². The first-order valence-corrected chi connectivity index (χ1v) is 7.59. The Kier molecular flexibility index (Phi) is 5.78. The van der Waals surface area contributed by atoms with Gasteiger partial charge in [0.25, 0.3) is 0 Å². The van der Waals surface area contributed by atoms with E-state index < -0.39 is 5.91 Å². The van der Waals surface area contributed by atoms with Gasteiger partial charge in [-0.05, 0) is 19.1 Å². The molecule has 0 spiro atoms. The first-order valence-electron chi connectivity index (χ1n) is 7.59. The minimum atomic E-state index is -0.494. The number of nitrogens with one attached hydrogen (secondary N) is 2. The highest BCUT2D eigenvalue weighted by molar-refractivity contribution is 5.89. The van der Waals surface area contributed by atoms with Gasteiger partial charge in [-0.15, -0.1) is 0 Å². The number of carbonyl (C=O) groups excluding carboxylic acids is 2. The van der Waals surface area contributed by atoms with E-state index in [1.165, 1.54) is 10.9 Å². The highest BCUT2D eigenvalue weighted by atomic mass is 16.2. The van der Waals surface area contributed by atoms with E-state index in [1.807, 2.05) is 44.3 Å². The Bertz CT molecular complexity index is 685. The minimum Gasteiger partial charge on any atom is -0.370 e. The number of hydrogen-bond donors (Lipinski definition) is 3. The lowest BCUT2D eigenvalue weighted by molar-refractivity contribution is -0.118. The van der Waals surface area contributed by atoms with Crippen LogP contribution in [-0.4, -0.2) is 41.4 Å². The van der Waals surface area contributed by atoms with Crippen molar-refractivity contribution in [2.24, 2.45) is 5.73 Å². The number of carbonyl (C=O) groups is 2. The maximum Gasteiger partial charge on any atom is 0.319 e. The smallest absolute Gasteiger partial charge is 0.319 e. The number of nitrogens with zero attached hydrogens (tertiary/aromatic N) is 3. The summed E-state index contributed by atoms with van der Waals surface area (Å²) in [5, 5.41) is 9.41. The van der Waals surface area contributed by atoms with Crippen molar-refractivity contribution >= 4 is 23.3 Å². The third-order valence-electron chi connectivity index (χ3n) is 3.59. The third-order valence-corrected chi connectivity index (χ3v) is 3.59. The van der Waals surface area contributed by atoms with Crippen molar-refractivity contribution in [2.75, 3.05) is 23.8 Å². The Balaban J connectivity index is 1.80. The van der Waals surface area contributed by atoms with Crippen molar-refractivity contribution in [1.29, 1.82) is 0 Å². The number of rotatable bonds is 7. The molecule has 0 unspecified atom stereocenters. The molecule has 4 N–H and O–H groups in total. The molecule has 8 heteroatoms. The molecule has 0 radical (unpaired) electrons. The molecule has 1 heterocycles. The lowest BCUT2D eigenvalue weighted by Gasteiger charge is -2.27. The Morgan fingerprint density at radius 3 is 2.71 bits per heavy atom. The van der Waals surface area contributed by atoms with Gasteiger partial charge in [0.2, 0.25) is 5.91 Å². The van der Waals surface area contributed by atoms with E-state index in [1.54, 1.807) is 6.20 Å². The molecular formula is C16H22N6O2. The third kappa shape index (κ3) is 5.01. The normalized spacial score (nSPS) is 11.6. The summed E-state index contributed by atoms with van der Waals surface area (Å²) in [7, 11) is 1.98. The number of anilines is 2. The second kappa shape index (κ2) is 8.00. The molecule has 0 saturated carbocycles. The monoisotopic (exact) mass is 330 g/mol. The first kappa shape index (κ1) is 17.3. The summed E-state index contributed by atoms with van der Waals surface area (Å²) in [6.45, 7) is 2.48. The lowest BCUT2D eigenvalue weighted by atomic mass is 10.2. The van der Waals surface area contributed by atoms with Crippen molar-refractivity contribution in [3.05, 3.63) is 42.7 Å². The molecule has 0 aliphatic rings. The molecule has 8 nitrogen and oxygen atoms in total. The Labute approximate surface area is 140 Å². The topological polar surface area (TPSA) is 105 Å². The molecule has 2 aromatic rings. The van der Waals surface area contributed by atoms with Crippen molar-refractivity contribution in [3.63, 3.8) is 0 Å². The lowest BCUT2D eigenvalue weighted by Crippen LogP contribution is -2.41. The number of benzene rings is 1. The van der Waals surface area contributed by atoms with E-state index in [4.69, 9.17) is 5.73 Å². The van der Waals surface area contributed by atoms with Gasteiger partial charge in [0.15, 0.2) is 0 Å². The number of likely N-dealkylation sites (N-methyl/N-ethyl adjacent to an activating group) is 1. The fourth-order valence-corrected chi connectivity index (χ4v) is 2.14. The summed E-state index contributed by atoms with van der Waals surface area (Å²) in [4.78, 5) is 24.8. The van der Waals surface area contributed by atoms with Gasteiger partial charge < -0.3 is 21.3 Å². The molecule has 0 bridgehead atoms. The van der Waals surface area contributed by atoms with Crippen LogP contribution in [-0.2, 0) is 11.3 Å². The van der Waals surface area contributed by atoms with Gasteiger partial charge in [-0.3, -0.25) is 9.48 Å². The summed E-state index contributed by atoms with van der Waals surface area (Å²) in [5.41, 5.74) is 6.67. The molecule has 24 heavy (non-hydrogen) atoms. The fraction of sp³-hybridized carbons (Fsp3) is 0.312. The fourth-order valence-electron chi connectivity index (χ4n) is 2.14. The molecule has 3 amide bonds. The van der Waals surface area contributed by atoms with Crippen molar-refractivity contribution in [1.82, 2.24) is 15.1 Å². The Morgan fingerprint density at radius 2 is 2.04 bits per heavy atom. The molecular weight excluding hydrogens is 308 g/mol. The standard InChI is InChI=1S/C16H22N6O2/c1-12(21(2)14-6-4-3-5-7-14)8-18-16(24)20-13-9-19-22(10-13)11-15(17)23/h3-7,9-10,12H,8,11H2,1-2H3,(H2,17,23)(H2,18,20,24)/t12-/m0/s1. The summed E-state index contributed by atoms with van der Waals surface area (Å²) < 4.78 is 1.36. The molecule has 1 atom stereocenters. The van der Waals surface area contributed by atoms with Crippen molar-refractivity contribution < 1.29 is 9.59 Å². The van der Waals surface area contributed by atoms with E-state index in [0.29, 0.717) is 12.2 Å². The molecule has 0 fully saturated rings. The highest BCUT2D eigenvalue weighted by Crippen LogP contribution is 2.13. The molecule has 0 saturated heterocycles. The zero-order valence-electron chi connectivity index (χ0n) is 13.8. The number of nitrogens with two attached hydrogens (primary N) is 1. The quantitative estimate of drug-likeness (QED) is 0.704. The van der Waals surface area contributed by atoms with Crippen LogP contribution in [0, 0.1) is 0 Å². The van der Waals surface area contributed by atoms with Gasteiger partial charge >= 0.3 is 6.03 Å². The van der Waals surface area contributed by atoms with Gasteiger partial charge in [-0.25, -0.2) is 4.79 Å². The maximum atomic E-state index is 11.9. The number of aromatic nitrogens is 2. The highest BCUT2D eigenvalue weighted by Gasteiger charge is 2.12. The van der Waals surface area contributed by atoms with Crippen LogP contribution in [0.1, 0.15) is 6.92 Å². The number of primary amides is 1. The van der Waals surface area contributed by atoms with Crippen molar-refractivity contribution in [2.45, 2.75) is 19.5 Å². The van der Waals surface area contributed by atoms with Gasteiger partial charge in [-0.2, -0.15) is 5.10 Å². The SMILES string of the molecule is C[C@@H](CNC(=O)Nc1cnn(CC(N)=O)c1)N(C)c1ccccc1. The second-order valence-corrected chi connectivity index (χ2v) is 5.52. The van der Waals surface area contributed by atoms with Crippen molar-refractivity contribution in [3.8, 4) is 0 Å². The average Bonchev–Trinajstić information content (AvgIpc) is 2.98. The number of urea groups is 1. The van der Waals surface area contributed by atoms with Crippen LogP contribution < -0.4 is 21.3 Å². The second-order valence-electron chi connectivity index (χ2n) is 5.52. The summed E-state index contributed by atoms with van der Waals surface area (Å²) in [6.07, 6.45) is 3.01. The van der Waals surface area contributed by atoms with E-state index in [2.05, 4.69) is 20.6 Å². The largest absolute Gasteiger partial charge is 0.370 e. The molecule has 1 aromatic carbocycles. The Morgan fingerprint density at radius 1 is 1.33 bits per heavy atom. The predicted octanol–water partition coefficient (Wildman–Crippen LogP) is 1.01. The van der Waals surface area contributed by atoms with Gasteiger partial charge in [0, 0.05) is 31.5 Å². The summed E-state index contributed by atoms with van der Waals surface area (Å²) in [6, 6.07) is 9.74. The van der Waals surface area contributed by atoms with E-state index in [9.17, 15) is 9.59 Å². The first-order chi connectivity index (χ1) is 11.5. The van der Waals surface area contributed by atoms with Crippen LogP contribution in [0.4, 0.5) is 16.2 Å². The Hall–Kier alpha value is -3.03. The van der Waals surface area contributed by atoms with Crippen LogP contribution in [0.25, 0.3) is 0 Å². The molecule has 2 rings (SSSR count). The average molecular weight is 330 g/mol. The molecule has 0 aliphatic carbocycles. The minimum absolute atomic E-state index is 0.0256. The van der Waals surface area contributed by atoms with Crippen LogP contribution in [0.2, 0.25) is 0 Å². The van der Waals surface area contributed by atoms with E-state index >= 15 is 0 Å². The van der Waals surface area contributed by atoms with Crippen LogP contribution in [0.15, 0.2) is 42.7 Å².